The van der Waals surface area contributed by atoms with E-state index in [1.165, 1.54) is 8.92 Å². The van der Waals surface area contributed by atoms with Gasteiger partial charge in [-0.3, -0.25) is 0 Å². The number of benzene rings is 3. The van der Waals surface area contributed by atoms with E-state index in [4.69, 9.17) is 4.98 Å². The van der Waals surface area contributed by atoms with E-state index in [2.05, 4.69) is 41.3 Å². The van der Waals surface area contributed by atoms with Crippen molar-refractivity contribution in [3.8, 4) is 0 Å². The fourth-order valence-corrected chi connectivity index (χ4v) is 6.36. The molecule has 0 unspecified atom stereocenters. The van der Waals surface area contributed by atoms with E-state index in [1.807, 2.05) is 24.3 Å². The molecule has 6 rings (SSSR count). The standard InChI is InChI=1S/C27H16N2O2Se/c30-26-18-7-1-2-8-19(18)27(31)20(26)15-17-13-14-25(28-16-17)29-21-9-3-5-11-23(21)32-24-12-6-4-10-22(24)29/h1-16H. The first kappa shape index (κ1) is 18.9. The zero-order chi connectivity index (χ0) is 21.7. The molecule has 152 valence electrons. The SMILES string of the molecule is O=C1C(=Cc2ccc(N3c4ccccc4[Se]c4ccccc43)nc2)C(=O)c2ccccc21. The molecular weight excluding hydrogens is 463 g/mol. The minimum atomic E-state index is -0.226. The molecule has 0 saturated carbocycles. The Kier molecular flexibility index (Phi) is 4.39. The number of anilines is 3. The van der Waals surface area contributed by atoms with Crippen LogP contribution in [0.1, 0.15) is 26.3 Å². The van der Waals surface area contributed by atoms with Crippen LogP contribution < -0.4 is 13.8 Å². The van der Waals surface area contributed by atoms with Crippen LogP contribution in [0.15, 0.2) is 96.7 Å². The van der Waals surface area contributed by atoms with Gasteiger partial charge >= 0.3 is 179 Å². The third-order valence-corrected chi connectivity index (χ3v) is 8.02. The van der Waals surface area contributed by atoms with E-state index >= 15 is 0 Å². The van der Waals surface area contributed by atoms with Crippen LogP contribution in [0.4, 0.5) is 17.2 Å². The maximum absolute atomic E-state index is 12.7. The van der Waals surface area contributed by atoms with Crippen molar-refractivity contribution in [1.82, 2.24) is 4.98 Å². The normalized spacial score (nSPS) is 14.1. The van der Waals surface area contributed by atoms with Crippen molar-refractivity contribution in [2.45, 2.75) is 0 Å². The van der Waals surface area contributed by atoms with E-state index in [9.17, 15) is 9.59 Å². The summed E-state index contributed by atoms with van der Waals surface area (Å²) in [5.41, 5.74) is 4.13. The molecule has 3 aromatic carbocycles. The number of rotatable bonds is 2. The van der Waals surface area contributed by atoms with Crippen LogP contribution in [0.25, 0.3) is 6.08 Å². The number of nitrogens with zero attached hydrogens (tertiary/aromatic N) is 2. The average Bonchev–Trinajstić information content (AvgIpc) is 3.08. The van der Waals surface area contributed by atoms with Gasteiger partial charge in [0.05, 0.1) is 0 Å². The molecule has 0 amide bonds. The van der Waals surface area contributed by atoms with Crippen LogP contribution in [0.3, 0.4) is 0 Å². The number of fused-ring (bicyclic) bond motifs is 3. The first-order chi connectivity index (χ1) is 15.7. The Labute approximate surface area is 191 Å². The summed E-state index contributed by atoms with van der Waals surface area (Å²) >= 11 is 0.242. The molecule has 0 bridgehead atoms. The monoisotopic (exact) mass is 480 g/mol. The van der Waals surface area contributed by atoms with E-state index in [0.29, 0.717) is 11.1 Å². The Morgan fingerprint density at radius 1 is 0.688 bits per heavy atom. The van der Waals surface area contributed by atoms with Crippen molar-refractivity contribution >= 4 is 58.7 Å². The van der Waals surface area contributed by atoms with Crippen molar-refractivity contribution in [2.24, 2.45) is 0 Å². The number of carbonyl (C=O) groups is 2. The number of hydrogen-bond acceptors (Lipinski definition) is 4. The first-order valence-electron chi connectivity index (χ1n) is 10.2. The van der Waals surface area contributed by atoms with Gasteiger partial charge in [-0.05, 0) is 0 Å². The van der Waals surface area contributed by atoms with Crippen LogP contribution in [-0.2, 0) is 0 Å². The second-order valence-corrected chi connectivity index (χ2v) is 9.86. The summed E-state index contributed by atoms with van der Waals surface area (Å²) in [6.45, 7) is 0. The van der Waals surface area contributed by atoms with Crippen molar-refractivity contribution in [2.75, 3.05) is 4.90 Å². The quantitative estimate of drug-likeness (QED) is 0.218. The fraction of sp³-hybridized carbons (Fsp3) is 0. The van der Waals surface area contributed by atoms with Gasteiger partial charge < -0.3 is 0 Å². The van der Waals surface area contributed by atoms with Gasteiger partial charge in [0, 0.05) is 0 Å². The summed E-state index contributed by atoms with van der Waals surface area (Å²) in [5.74, 6) is 0.349. The predicted molar refractivity (Wildman–Crippen MR) is 127 cm³/mol. The Morgan fingerprint density at radius 3 is 1.81 bits per heavy atom. The third kappa shape index (κ3) is 2.94. The molecule has 2 aliphatic rings. The number of Topliss-reactive ketones (excluding diaryl/α,β-unsaturated/α-hetero) is 2. The minimum absolute atomic E-state index is 0.192. The van der Waals surface area contributed by atoms with E-state index < -0.39 is 0 Å². The summed E-state index contributed by atoms with van der Waals surface area (Å²) in [6.07, 6.45) is 3.36. The molecule has 0 radical (unpaired) electrons. The molecule has 2 heterocycles. The van der Waals surface area contributed by atoms with Crippen molar-refractivity contribution < 1.29 is 9.59 Å². The molecule has 0 fully saturated rings. The third-order valence-electron chi connectivity index (χ3n) is 5.65. The number of para-hydroxylation sites is 2. The fourth-order valence-electron chi connectivity index (χ4n) is 4.14. The first-order valence-corrected chi connectivity index (χ1v) is 11.9. The molecule has 0 spiro atoms. The number of allylic oxidation sites excluding steroid dienone is 1. The van der Waals surface area contributed by atoms with Crippen LogP contribution in [-0.4, -0.2) is 31.5 Å². The Bertz CT molecular complexity index is 1360. The van der Waals surface area contributed by atoms with E-state index in [1.54, 1.807) is 36.5 Å². The number of ketones is 2. The molecule has 1 aliphatic carbocycles. The summed E-state index contributed by atoms with van der Waals surface area (Å²) in [5, 5.41) is 0. The molecule has 1 aromatic heterocycles. The number of aromatic nitrogens is 1. The van der Waals surface area contributed by atoms with Crippen molar-refractivity contribution in [3.63, 3.8) is 0 Å². The van der Waals surface area contributed by atoms with Gasteiger partial charge in [0.25, 0.3) is 0 Å². The Hall–Kier alpha value is -3.79. The number of hydrogen-bond donors (Lipinski definition) is 0. The van der Waals surface area contributed by atoms with Gasteiger partial charge in [-0.15, -0.1) is 0 Å². The summed E-state index contributed by atoms with van der Waals surface area (Å²) in [4.78, 5) is 32.3. The summed E-state index contributed by atoms with van der Waals surface area (Å²) in [6, 6.07) is 27.6. The average molecular weight is 479 g/mol. The molecule has 4 aromatic rings. The second kappa shape index (κ2) is 7.41. The predicted octanol–water partition coefficient (Wildman–Crippen LogP) is 3.98. The van der Waals surface area contributed by atoms with Gasteiger partial charge in [0.15, 0.2) is 0 Å². The molecule has 4 nitrogen and oxygen atoms in total. The van der Waals surface area contributed by atoms with Crippen molar-refractivity contribution in [1.29, 1.82) is 0 Å². The van der Waals surface area contributed by atoms with Gasteiger partial charge in [0.2, 0.25) is 0 Å². The Balaban J connectivity index is 1.39. The topological polar surface area (TPSA) is 50.3 Å². The molecule has 0 saturated heterocycles. The van der Waals surface area contributed by atoms with Crippen LogP contribution >= 0.6 is 0 Å². The van der Waals surface area contributed by atoms with Crippen molar-refractivity contribution in [3.05, 3.63) is 113 Å². The van der Waals surface area contributed by atoms with E-state index in [-0.39, 0.29) is 32.1 Å². The zero-order valence-electron chi connectivity index (χ0n) is 16.9. The molecule has 5 heteroatoms. The van der Waals surface area contributed by atoms with E-state index in [0.717, 1.165) is 22.8 Å². The molecular formula is C27H16N2O2Se. The van der Waals surface area contributed by atoms with Gasteiger partial charge in [-0.2, -0.15) is 0 Å². The van der Waals surface area contributed by atoms with Crippen LogP contribution in [0, 0.1) is 0 Å². The summed E-state index contributed by atoms with van der Waals surface area (Å²) < 4.78 is 2.62. The number of carbonyl (C=O) groups excluding carboxylic acids is 2. The molecule has 0 atom stereocenters. The van der Waals surface area contributed by atoms with Crippen LogP contribution in [0.5, 0.6) is 0 Å². The molecule has 0 N–H and O–H groups in total. The van der Waals surface area contributed by atoms with Gasteiger partial charge in [-0.25, -0.2) is 0 Å². The summed E-state index contributed by atoms with van der Waals surface area (Å²) in [7, 11) is 0. The van der Waals surface area contributed by atoms with Crippen LogP contribution in [0.2, 0.25) is 0 Å². The number of pyridine rings is 1. The Morgan fingerprint density at radius 2 is 1.25 bits per heavy atom. The molecule has 32 heavy (non-hydrogen) atoms. The van der Waals surface area contributed by atoms with Gasteiger partial charge in [-0.1, -0.05) is 12.1 Å². The van der Waals surface area contributed by atoms with Gasteiger partial charge in [0.1, 0.15) is 0 Å². The maximum atomic E-state index is 12.7. The zero-order valence-corrected chi connectivity index (χ0v) is 18.6. The second-order valence-electron chi connectivity index (χ2n) is 7.58. The molecule has 1 aliphatic heterocycles.